The van der Waals surface area contributed by atoms with Gasteiger partial charge in [0, 0.05) is 24.8 Å². The van der Waals surface area contributed by atoms with Crippen molar-refractivity contribution in [3.8, 4) is 0 Å². The van der Waals surface area contributed by atoms with Crippen molar-refractivity contribution in [1.29, 1.82) is 0 Å². The number of nitrogens with zero attached hydrogens (tertiary/aromatic N) is 4. The molecule has 1 amide bonds. The molecule has 0 N–H and O–H groups in total. The van der Waals surface area contributed by atoms with Crippen molar-refractivity contribution in [2.75, 3.05) is 11.4 Å². The van der Waals surface area contributed by atoms with Crippen LogP contribution in [0.5, 0.6) is 0 Å². The van der Waals surface area contributed by atoms with Crippen LogP contribution in [-0.4, -0.2) is 35.1 Å². The average molecular weight is 575 g/mol. The fraction of sp³-hybridized carbons (Fsp3) is 0.138. The maximum Gasteiger partial charge on any atom is 0.260 e. The monoisotopic (exact) mass is 574 g/mol. The van der Waals surface area contributed by atoms with E-state index in [9.17, 15) is 13.2 Å². The molecular weight excluding hydrogens is 552 g/mol. The van der Waals surface area contributed by atoms with Crippen molar-refractivity contribution in [3.05, 3.63) is 119 Å². The van der Waals surface area contributed by atoms with Gasteiger partial charge in [0.1, 0.15) is 5.52 Å². The minimum atomic E-state index is -3.72. The van der Waals surface area contributed by atoms with Gasteiger partial charge in [0.15, 0.2) is 5.13 Å². The van der Waals surface area contributed by atoms with Crippen LogP contribution >= 0.6 is 22.9 Å². The average Bonchev–Trinajstić information content (AvgIpc) is 3.41. The second-order valence-electron chi connectivity index (χ2n) is 9.18. The molecule has 0 atom stereocenters. The zero-order valence-corrected chi connectivity index (χ0v) is 23.1. The highest BCUT2D eigenvalue weighted by molar-refractivity contribution is 7.89. The van der Waals surface area contributed by atoms with Crippen LogP contribution in [0.1, 0.15) is 27.2 Å². The summed E-state index contributed by atoms with van der Waals surface area (Å²) >= 11 is 7.71. The van der Waals surface area contributed by atoms with E-state index in [4.69, 9.17) is 11.6 Å². The summed E-state index contributed by atoms with van der Waals surface area (Å²) in [6.07, 6.45) is 2.34. The van der Waals surface area contributed by atoms with Crippen LogP contribution in [-0.2, 0) is 29.5 Å². The summed E-state index contributed by atoms with van der Waals surface area (Å²) in [6, 6.07) is 25.0. The first-order valence-electron chi connectivity index (χ1n) is 12.3. The van der Waals surface area contributed by atoms with Gasteiger partial charge in [0.05, 0.1) is 26.9 Å². The van der Waals surface area contributed by atoms with E-state index in [0.717, 1.165) is 10.3 Å². The number of sulfonamides is 1. The Bertz CT molecular complexity index is 1770. The van der Waals surface area contributed by atoms with Crippen molar-refractivity contribution >= 4 is 54.2 Å². The maximum absolute atomic E-state index is 13.8. The number of amides is 1. The summed E-state index contributed by atoms with van der Waals surface area (Å²) in [5.74, 6) is -0.313. The van der Waals surface area contributed by atoms with Gasteiger partial charge in [0.25, 0.3) is 5.91 Å². The third kappa shape index (κ3) is 5.06. The summed E-state index contributed by atoms with van der Waals surface area (Å²) in [4.78, 5) is 24.5. The minimum Gasteiger partial charge on any atom is -0.278 e. The fourth-order valence-electron chi connectivity index (χ4n) is 4.65. The predicted molar refractivity (Wildman–Crippen MR) is 154 cm³/mol. The third-order valence-corrected chi connectivity index (χ3v) is 9.92. The molecule has 0 aliphatic carbocycles. The van der Waals surface area contributed by atoms with Crippen molar-refractivity contribution in [1.82, 2.24) is 14.3 Å². The van der Waals surface area contributed by atoms with Gasteiger partial charge in [-0.2, -0.15) is 4.31 Å². The molecule has 3 aromatic carbocycles. The van der Waals surface area contributed by atoms with Crippen LogP contribution in [0.2, 0.25) is 5.02 Å². The molecule has 3 heterocycles. The number of carbonyl (C=O) groups excluding carboxylic acids is 1. The summed E-state index contributed by atoms with van der Waals surface area (Å²) < 4.78 is 29.2. The highest BCUT2D eigenvalue weighted by Gasteiger charge is 2.29. The Morgan fingerprint density at radius 1 is 0.949 bits per heavy atom. The molecule has 7 nitrogen and oxygen atoms in total. The normalized spacial score (nSPS) is 13.8. The molecule has 0 saturated carbocycles. The number of thiazole rings is 1. The molecule has 10 heteroatoms. The number of para-hydroxylation sites is 1. The van der Waals surface area contributed by atoms with E-state index in [0.29, 0.717) is 46.4 Å². The summed E-state index contributed by atoms with van der Waals surface area (Å²) in [5.41, 5.74) is 3.86. The SMILES string of the molecule is O=C(c1ccc(S(=O)(=O)N2CCc3ccccc3C2)cc1)N(Cc1ccccn1)c1nc2c(Cl)cccc2s1. The number of benzene rings is 3. The highest BCUT2D eigenvalue weighted by atomic mass is 35.5. The molecule has 0 saturated heterocycles. The maximum atomic E-state index is 13.8. The van der Waals surface area contributed by atoms with Gasteiger partial charge in [-0.3, -0.25) is 14.7 Å². The molecule has 5 aromatic rings. The van der Waals surface area contributed by atoms with E-state index in [2.05, 4.69) is 9.97 Å². The lowest BCUT2D eigenvalue weighted by Crippen LogP contribution is -2.36. The lowest BCUT2D eigenvalue weighted by Gasteiger charge is -2.28. The number of aromatic nitrogens is 2. The van der Waals surface area contributed by atoms with Gasteiger partial charge in [0.2, 0.25) is 10.0 Å². The molecule has 0 spiro atoms. The Kier molecular flexibility index (Phi) is 6.90. The highest BCUT2D eigenvalue weighted by Crippen LogP contribution is 2.34. The van der Waals surface area contributed by atoms with Gasteiger partial charge in [-0.25, -0.2) is 13.4 Å². The van der Waals surface area contributed by atoms with Crippen LogP contribution in [0.3, 0.4) is 0 Å². The molecule has 6 rings (SSSR count). The number of rotatable bonds is 6. The number of pyridine rings is 1. The number of fused-ring (bicyclic) bond motifs is 2. The van der Waals surface area contributed by atoms with Gasteiger partial charge in [-0.1, -0.05) is 59.3 Å². The first kappa shape index (κ1) is 25.6. The quantitative estimate of drug-likeness (QED) is 0.251. The Morgan fingerprint density at radius 3 is 2.46 bits per heavy atom. The van der Waals surface area contributed by atoms with E-state index in [1.807, 2.05) is 54.6 Å². The molecule has 39 heavy (non-hydrogen) atoms. The predicted octanol–water partition coefficient (Wildman–Crippen LogP) is 5.94. The Morgan fingerprint density at radius 2 is 1.72 bits per heavy atom. The Labute approximate surface area is 235 Å². The number of halogens is 1. The van der Waals surface area contributed by atoms with E-state index in [-0.39, 0.29) is 17.3 Å². The number of carbonyl (C=O) groups is 1. The molecule has 196 valence electrons. The molecule has 0 fully saturated rings. The van der Waals surface area contributed by atoms with E-state index in [1.54, 1.807) is 29.3 Å². The number of anilines is 1. The molecular formula is C29H23ClN4O3S2. The van der Waals surface area contributed by atoms with E-state index < -0.39 is 10.0 Å². The first-order valence-corrected chi connectivity index (χ1v) is 15.0. The zero-order chi connectivity index (χ0) is 27.0. The van der Waals surface area contributed by atoms with Crippen molar-refractivity contribution < 1.29 is 13.2 Å². The standard InChI is InChI=1S/C29H23ClN4O3S2/c30-25-9-5-10-26-27(25)32-29(38-26)34(19-23-8-3-4-16-31-23)28(35)21-11-13-24(14-12-21)39(36,37)33-17-15-20-6-1-2-7-22(20)18-33/h1-14,16H,15,17-19H2. The molecule has 1 aliphatic rings. The van der Waals surface area contributed by atoms with Gasteiger partial charge in [-0.15, -0.1) is 0 Å². The van der Waals surface area contributed by atoms with Crippen molar-refractivity contribution in [2.24, 2.45) is 0 Å². The summed E-state index contributed by atoms with van der Waals surface area (Å²) in [5, 5.41) is 0.993. The second kappa shape index (κ2) is 10.5. The summed E-state index contributed by atoms with van der Waals surface area (Å²) in [6.45, 7) is 0.944. The zero-order valence-electron chi connectivity index (χ0n) is 20.7. The topological polar surface area (TPSA) is 83.5 Å². The molecule has 0 radical (unpaired) electrons. The fourth-order valence-corrected chi connectivity index (χ4v) is 7.33. The van der Waals surface area contributed by atoms with Crippen LogP contribution in [0.4, 0.5) is 5.13 Å². The lowest BCUT2D eigenvalue weighted by molar-refractivity contribution is 0.0984. The molecule has 2 aromatic heterocycles. The smallest absolute Gasteiger partial charge is 0.260 e. The Balaban J connectivity index is 1.30. The largest absolute Gasteiger partial charge is 0.278 e. The number of hydrogen-bond donors (Lipinski definition) is 0. The minimum absolute atomic E-state index is 0.154. The van der Waals surface area contributed by atoms with E-state index >= 15 is 0 Å². The van der Waals surface area contributed by atoms with E-state index in [1.165, 1.54) is 33.3 Å². The van der Waals surface area contributed by atoms with Crippen LogP contribution < -0.4 is 4.90 Å². The van der Waals surface area contributed by atoms with Crippen LogP contribution in [0.15, 0.2) is 96.0 Å². The molecule has 1 aliphatic heterocycles. The van der Waals surface area contributed by atoms with Crippen molar-refractivity contribution in [2.45, 2.75) is 24.4 Å². The molecule has 0 bridgehead atoms. The van der Waals surface area contributed by atoms with Gasteiger partial charge < -0.3 is 0 Å². The van der Waals surface area contributed by atoms with Crippen molar-refractivity contribution in [3.63, 3.8) is 0 Å². The van der Waals surface area contributed by atoms with Gasteiger partial charge in [-0.05, 0) is 66.1 Å². The second-order valence-corrected chi connectivity index (χ2v) is 12.5. The van der Waals surface area contributed by atoms with Crippen LogP contribution in [0, 0.1) is 0 Å². The summed E-state index contributed by atoms with van der Waals surface area (Å²) in [7, 11) is -3.72. The molecule has 0 unspecified atom stereocenters. The van der Waals surface area contributed by atoms with Gasteiger partial charge >= 0.3 is 0 Å². The van der Waals surface area contributed by atoms with Crippen LogP contribution in [0.25, 0.3) is 10.2 Å². The lowest BCUT2D eigenvalue weighted by atomic mass is 10.0. The first-order chi connectivity index (χ1) is 18.9. The number of hydrogen-bond acceptors (Lipinski definition) is 6. The third-order valence-electron chi connectivity index (χ3n) is 6.72. The Hall–Kier alpha value is -3.63.